The van der Waals surface area contributed by atoms with E-state index >= 15 is 0 Å². The van der Waals surface area contributed by atoms with Gasteiger partial charge in [0.15, 0.2) is 0 Å². The largest absolute Gasteiger partial charge is 0.378 e. The number of fused-ring (bicyclic) bond motifs is 1. The first-order valence-electron chi connectivity index (χ1n) is 5.52. The topological polar surface area (TPSA) is 12.0 Å². The molecule has 88 valence electrons. The van der Waals surface area contributed by atoms with Crippen LogP contribution in [0.2, 0.25) is 4.34 Å². The summed E-state index contributed by atoms with van der Waals surface area (Å²) in [6.45, 7) is 0. The van der Waals surface area contributed by atoms with Crippen molar-refractivity contribution in [1.29, 1.82) is 0 Å². The number of anilines is 1. The highest BCUT2D eigenvalue weighted by atomic mass is 127. The van der Waals surface area contributed by atoms with Gasteiger partial charge in [0, 0.05) is 14.1 Å². The van der Waals surface area contributed by atoms with Gasteiger partial charge in [0.1, 0.15) is 0 Å². The first-order chi connectivity index (χ1) is 8.22. The molecule has 0 fully saturated rings. The first kappa shape index (κ1) is 11.8. The van der Waals surface area contributed by atoms with Gasteiger partial charge in [-0.05, 0) is 71.3 Å². The lowest BCUT2D eigenvalue weighted by atomic mass is 10.1. The zero-order valence-electron chi connectivity index (χ0n) is 9.04. The molecule has 1 heterocycles. The van der Waals surface area contributed by atoms with Gasteiger partial charge in [0.05, 0.1) is 10.4 Å². The quantitative estimate of drug-likeness (QED) is 0.720. The van der Waals surface area contributed by atoms with E-state index in [0.29, 0.717) is 6.04 Å². The second-order valence-corrected chi connectivity index (χ2v) is 7.19. The van der Waals surface area contributed by atoms with Crippen molar-refractivity contribution in [3.05, 3.63) is 48.7 Å². The third kappa shape index (κ3) is 2.46. The van der Waals surface area contributed by atoms with E-state index in [4.69, 9.17) is 11.6 Å². The summed E-state index contributed by atoms with van der Waals surface area (Å²) < 4.78 is 2.17. The van der Waals surface area contributed by atoms with Crippen LogP contribution >= 0.6 is 45.5 Å². The van der Waals surface area contributed by atoms with Gasteiger partial charge in [-0.3, -0.25) is 0 Å². The van der Waals surface area contributed by atoms with Gasteiger partial charge in [0.25, 0.3) is 0 Å². The molecule has 1 unspecified atom stereocenters. The van der Waals surface area contributed by atoms with Crippen LogP contribution < -0.4 is 5.32 Å². The van der Waals surface area contributed by atoms with Gasteiger partial charge in [-0.2, -0.15) is 0 Å². The molecule has 1 nitrogen and oxygen atoms in total. The Morgan fingerprint density at radius 3 is 2.82 bits per heavy atom. The lowest BCUT2D eigenvalue weighted by Gasteiger charge is -2.14. The van der Waals surface area contributed by atoms with Crippen LogP contribution in [0.4, 0.5) is 5.69 Å². The molecule has 1 N–H and O–H groups in total. The minimum Gasteiger partial charge on any atom is -0.378 e. The zero-order valence-corrected chi connectivity index (χ0v) is 12.8. The van der Waals surface area contributed by atoms with Crippen LogP contribution in [-0.2, 0) is 6.42 Å². The fourth-order valence-electron chi connectivity index (χ4n) is 2.23. The molecule has 0 saturated carbocycles. The van der Waals surface area contributed by atoms with Crippen molar-refractivity contribution in [2.75, 3.05) is 5.32 Å². The first-order valence-corrected chi connectivity index (χ1v) is 7.80. The van der Waals surface area contributed by atoms with Gasteiger partial charge in [-0.25, -0.2) is 0 Å². The fourth-order valence-corrected chi connectivity index (χ4v) is 3.94. The van der Waals surface area contributed by atoms with Crippen molar-refractivity contribution in [3.63, 3.8) is 0 Å². The summed E-state index contributed by atoms with van der Waals surface area (Å²) >= 11 is 10.1. The third-order valence-corrected chi connectivity index (χ3v) is 5.09. The minimum atomic E-state index is 0.425. The van der Waals surface area contributed by atoms with Gasteiger partial charge in [-0.1, -0.05) is 11.6 Å². The molecule has 4 heteroatoms. The number of benzene rings is 1. The summed E-state index contributed by atoms with van der Waals surface area (Å²) in [5.41, 5.74) is 2.57. The number of aryl methyl sites for hydroxylation is 1. The monoisotopic (exact) mass is 375 g/mol. The number of nitrogens with one attached hydrogen (secondary N) is 1. The third-order valence-electron chi connectivity index (χ3n) is 3.03. The maximum Gasteiger partial charge on any atom is 0.0934 e. The normalized spacial score (nSPS) is 18.1. The lowest BCUT2D eigenvalue weighted by Crippen LogP contribution is -2.06. The predicted octanol–water partition coefficient (Wildman–Crippen LogP) is 5.11. The SMILES string of the molecule is Clc1cc2c(s1)CCC2Nc1ccc(I)cc1. The number of thiophene rings is 1. The molecule has 0 spiro atoms. The van der Waals surface area contributed by atoms with E-state index < -0.39 is 0 Å². The lowest BCUT2D eigenvalue weighted by molar-refractivity contribution is 0.762. The van der Waals surface area contributed by atoms with Crippen LogP contribution in [0.5, 0.6) is 0 Å². The van der Waals surface area contributed by atoms with E-state index in [1.54, 1.807) is 11.3 Å². The Morgan fingerprint density at radius 1 is 1.29 bits per heavy atom. The Labute approximate surface area is 123 Å². The molecule has 2 aromatic rings. The number of hydrogen-bond donors (Lipinski definition) is 1. The van der Waals surface area contributed by atoms with Crippen LogP contribution in [0.1, 0.15) is 22.9 Å². The summed E-state index contributed by atoms with van der Waals surface area (Å²) in [4.78, 5) is 1.44. The summed E-state index contributed by atoms with van der Waals surface area (Å²) in [5.74, 6) is 0. The fraction of sp³-hybridized carbons (Fsp3) is 0.231. The van der Waals surface area contributed by atoms with E-state index in [2.05, 4.69) is 58.2 Å². The van der Waals surface area contributed by atoms with Crippen LogP contribution in [0.3, 0.4) is 0 Å². The predicted molar refractivity (Wildman–Crippen MR) is 83.2 cm³/mol. The highest BCUT2D eigenvalue weighted by molar-refractivity contribution is 14.1. The average molecular weight is 376 g/mol. The van der Waals surface area contributed by atoms with E-state index in [9.17, 15) is 0 Å². The van der Waals surface area contributed by atoms with E-state index in [1.807, 2.05) is 0 Å². The Bertz CT molecular complexity index is 535. The van der Waals surface area contributed by atoms with Crippen molar-refractivity contribution in [2.24, 2.45) is 0 Å². The Balaban J connectivity index is 1.81. The maximum atomic E-state index is 6.06. The Hall–Kier alpha value is -0.260. The van der Waals surface area contributed by atoms with Crippen LogP contribution in [0.25, 0.3) is 0 Å². The second-order valence-electron chi connectivity index (χ2n) is 4.17. The summed E-state index contributed by atoms with van der Waals surface area (Å²) in [5, 5.41) is 3.58. The standard InChI is InChI=1S/C13H11ClINS/c14-13-7-10-11(5-6-12(10)17-13)16-9-3-1-8(15)2-4-9/h1-4,7,11,16H,5-6H2. The molecular weight excluding hydrogens is 365 g/mol. The van der Waals surface area contributed by atoms with Crippen molar-refractivity contribution in [2.45, 2.75) is 18.9 Å². The summed E-state index contributed by atoms with van der Waals surface area (Å²) in [6.07, 6.45) is 2.32. The van der Waals surface area contributed by atoms with E-state index in [0.717, 1.165) is 10.8 Å². The van der Waals surface area contributed by atoms with Crippen LogP contribution in [0, 0.1) is 3.57 Å². The molecule has 0 saturated heterocycles. The molecular formula is C13H11ClINS. The highest BCUT2D eigenvalue weighted by Crippen LogP contribution is 2.40. The van der Waals surface area contributed by atoms with E-state index in [-0.39, 0.29) is 0 Å². The second kappa shape index (κ2) is 4.78. The zero-order chi connectivity index (χ0) is 11.8. The summed E-state index contributed by atoms with van der Waals surface area (Å²) in [7, 11) is 0. The molecule has 1 aliphatic rings. The maximum absolute atomic E-state index is 6.06. The molecule has 17 heavy (non-hydrogen) atoms. The van der Waals surface area contributed by atoms with Crippen LogP contribution in [0.15, 0.2) is 30.3 Å². The molecule has 0 amide bonds. The average Bonchev–Trinajstić information content (AvgIpc) is 2.83. The van der Waals surface area contributed by atoms with Crippen LogP contribution in [-0.4, -0.2) is 0 Å². The van der Waals surface area contributed by atoms with Gasteiger partial charge in [0.2, 0.25) is 0 Å². The Kier molecular flexibility index (Phi) is 3.32. The van der Waals surface area contributed by atoms with Crippen molar-refractivity contribution < 1.29 is 0 Å². The number of halogens is 2. The highest BCUT2D eigenvalue weighted by Gasteiger charge is 2.24. The molecule has 0 radical (unpaired) electrons. The molecule has 1 aromatic carbocycles. The van der Waals surface area contributed by atoms with Gasteiger partial charge >= 0.3 is 0 Å². The van der Waals surface area contributed by atoms with E-state index in [1.165, 1.54) is 26.1 Å². The molecule has 0 bridgehead atoms. The van der Waals surface area contributed by atoms with Crippen molar-refractivity contribution in [1.82, 2.24) is 0 Å². The molecule has 1 atom stereocenters. The van der Waals surface area contributed by atoms with Gasteiger partial charge in [-0.15, -0.1) is 11.3 Å². The van der Waals surface area contributed by atoms with Crippen molar-refractivity contribution in [3.8, 4) is 0 Å². The smallest absolute Gasteiger partial charge is 0.0934 e. The number of rotatable bonds is 2. The summed E-state index contributed by atoms with van der Waals surface area (Å²) in [6, 6.07) is 11.0. The molecule has 1 aliphatic carbocycles. The van der Waals surface area contributed by atoms with Crippen molar-refractivity contribution >= 4 is 51.2 Å². The Morgan fingerprint density at radius 2 is 2.06 bits per heavy atom. The molecule has 3 rings (SSSR count). The number of hydrogen-bond acceptors (Lipinski definition) is 2. The molecule has 1 aromatic heterocycles. The molecule has 0 aliphatic heterocycles. The van der Waals surface area contributed by atoms with Gasteiger partial charge < -0.3 is 5.32 Å². The minimum absolute atomic E-state index is 0.425.